The third-order valence-electron chi connectivity index (χ3n) is 4.20. The summed E-state index contributed by atoms with van der Waals surface area (Å²) in [5, 5.41) is 0. The predicted molar refractivity (Wildman–Crippen MR) is 70.6 cm³/mol. The maximum atomic E-state index is 6.38. The third kappa shape index (κ3) is 3.44. The summed E-state index contributed by atoms with van der Waals surface area (Å²) >= 11 is 0. The minimum atomic E-state index is 0.0219. The molecule has 1 unspecified atom stereocenters. The Labute approximate surface area is 101 Å². The SMILES string of the molecule is CCN1CCN(CC(N)(CC)CC)CC1C. The Morgan fingerprint density at radius 3 is 2.25 bits per heavy atom. The van der Waals surface area contributed by atoms with E-state index in [0.29, 0.717) is 6.04 Å². The molecule has 2 N–H and O–H groups in total. The topological polar surface area (TPSA) is 32.5 Å². The molecule has 0 spiro atoms. The second-order valence-electron chi connectivity index (χ2n) is 5.28. The molecule has 0 aromatic carbocycles. The van der Waals surface area contributed by atoms with Gasteiger partial charge in [0.15, 0.2) is 0 Å². The largest absolute Gasteiger partial charge is 0.324 e. The molecule has 1 aliphatic heterocycles. The van der Waals surface area contributed by atoms with Crippen molar-refractivity contribution >= 4 is 0 Å². The van der Waals surface area contributed by atoms with Crippen LogP contribution in [-0.4, -0.2) is 54.1 Å². The van der Waals surface area contributed by atoms with E-state index < -0.39 is 0 Å². The highest BCUT2D eigenvalue weighted by molar-refractivity contribution is 4.88. The van der Waals surface area contributed by atoms with Gasteiger partial charge >= 0.3 is 0 Å². The van der Waals surface area contributed by atoms with Gasteiger partial charge in [0.2, 0.25) is 0 Å². The fraction of sp³-hybridized carbons (Fsp3) is 1.00. The van der Waals surface area contributed by atoms with E-state index in [4.69, 9.17) is 5.73 Å². The number of nitrogens with two attached hydrogens (primary N) is 1. The number of rotatable bonds is 5. The van der Waals surface area contributed by atoms with E-state index >= 15 is 0 Å². The van der Waals surface area contributed by atoms with Gasteiger partial charge in [0, 0.05) is 37.8 Å². The Morgan fingerprint density at radius 1 is 1.19 bits per heavy atom. The van der Waals surface area contributed by atoms with Crippen LogP contribution in [0.3, 0.4) is 0 Å². The Bertz CT molecular complexity index is 201. The Morgan fingerprint density at radius 2 is 1.81 bits per heavy atom. The van der Waals surface area contributed by atoms with Crippen LogP contribution in [0.2, 0.25) is 0 Å². The first-order valence-electron chi connectivity index (χ1n) is 6.80. The molecule has 96 valence electrons. The van der Waals surface area contributed by atoms with Crippen molar-refractivity contribution in [2.45, 2.75) is 52.1 Å². The Balaban J connectivity index is 2.46. The normalized spacial score (nSPS) is 24.9. The summed E-state index contributed by atoms with van der Waals surface area (Å²) in [7, 11) is 0. The molecule has 1 atom stereocenters. The summed E-state index contributed by atoms with van der Waals surface area (Å²) in [6.07, 6.45) is 2.15. The molecule has 0 bridgehead atoms. The van der Waals surface area contributed by atoms with E-state index in [9.17, 15) is 0 Å². The molecule has 1 aliphatic rings. The maximum absolute atomic E-state index is 6.38. The van der Waals surface area contributed by atoms with Crippen molar-refractivity contribution in [2.75, 3.05) is 32.7 Å². The molecule has 0 aromatic rings. The molecule has 1 fully saturated rings. The lowest BCUT2D eigenvalue weighted by atomic mass is 9.93. The van der Waals surface area contributed by atoms with E-state index in [1.165, 1.54) is 26.2 Å². The number of hydrogen-bond donors (Lipinski definition) is 1. The van der Waals surface area contributed by atoms with Crippen LogP contribution >= 0.6 is 0 Å². The molecular weight excluding hydrogens is 198 g/mol. The Hall–Kier alpha value is -0.120. The summed E-state index contributed by atoms with van der Waals surface area (Å²) in [6, 6.07) is 0.678. The van der Waals surface area contributed by atoms with Crippen molar-refractivity contribution in [2.24, 2.45) is 5.73 Å². The molecule has 1 rings (SSSR count). The average Bonchev–Trinajstić information content (AvgIpc) is 2.29. The zero-order chi connectivity index (χ0) is 12.2. The summed E-state index contributed by atoms with van der Waals surface area (Å²) in [5.41, 5.74) is 6.41. The lowest BCUT2D eigenvalue weighted by Gasteiger charge is -2.42. The molecule has 16 heavy (non-hydrogen) atoms. The van der Waals surface area contributed by atoms with E-state index in [-0.39, 0.29) is 5.54 Å². The monoisotopic (exact) mass is 227 g/mol. The van der Waals surface area contributed by atoms with E-state index in [1.54, 1.807) is 0 Å². The number of piperazine rings is 1. The highest BCUT2D eigenvalue weighted by Gasteiger charge is 2.28. The second kappa shape index (κ2) is 5.99. The molecular formula is C13H29N3. The van der Waals surface area contributed by atoms with Gasteiger partial charge in [0.05, 0.1) is 0 Å². The van der Waals surface area contributed by atoms with Crippen molar-refractivity contribution < 1.29 is 0 Å². The van der Waals surface area contributed by atoms with Crippen LogP contribution in [0.25, 0.3) is 0 Å². The summed E-state index contributed by atoms with van der Waals surface area (Å²) in [6.45, 7) is 14.8. The second-order valence-corrected chi connectivity index (χ2v) is 5.28. The van der Waals surface area contributed by atoms with Crippen molar-refractivity contribution in [1.29, 1.82) is 0 Å². The maximum Gasteiger partial charge on any atom is 0.0278 e. The Kier molecular flexibility index (Phi) is 5.22. The van der Waals surface area contributed by atoms with Crippen molar-refractivity contribution in [3.63, 3.8) is 0 Å². The summed E-state index contributed by atoms with van der Waals surface area (Å²) in [5.74, 6) is 0. The first-order chi connectivity index (χ1) is 7.54. The van der Waals surface area contributed by atoms with E-state index in [1.807, 2.05) is 0 Å². The molecule has 3 nitrogen and oxygen atoms in total. The molecule has 3 heteroatoms. The highest BCUT2D eigenvalue weighted by Crippen LogP contribution is 2.16. The van der Waals surface area contributed by atoms with Gasteiger partial charge in [-0.15, -0.1) is 0 Å². The van der Waals surface area contributed by atoms with Gasteiger partial charge in [-0.3, -0.25) is 9.80 Å². The predicted octanol–water partition coefficient (Wildman–Crippen LogP) is 1.53. The summed E-state index contributed by atoms with van der Waals surface area (Å²) < 4.78 is 0. The standard InChI is InChI=1S/C13H29N3/c1-5-13(14,6-2)11-15-8-9-16(7-3)12(4)10-15/h12H,5-11,14H2,1-4H3. The first-order valence-corrected chi connectivity index (χ1v) is 6.80. The lowest BCUT2D eigenvalue weighted by molar-refractivity contribution is 0.0703. The van der Waals surface area contributed by atoms with Crippen LogP contribution in [0.5, 0.6) is 0 Å². The molecule has 0 saturated carbocycles. The molecule has 1 saturated heterocycles. The first kappa shape index (κ1) is 13.9. The van der Waals surface area contributed by atoms with Gasteiger partial charge in [-0.1, -0.05) is 20.8 Å². The van der Waals surface area contributed by atoms with Gasteiger partial charge < -0.3 is 5.73 Å². The number of nitrogens with zero attached hydrogens (tertiary/aromatic N) is 2. The molecule has 0 radical (unpaired) electrons. The third-order valence-corrected chi connectivity index (χ3v) is 4.20. The van der Waals surface area contributed by atoms with Crippen LogP contribution in [0.15, 0.2) is 0 Å². The fourth-order valence-corrected chi connectivity index (χ4v) is 2.60. The molecule has 1 heterocycles. The smallest absolute Gasteiger partial charge is 0.0278 e. The number of likely N-dealkylation sites (N-methyl/N-ethyl adjacent to an activating group) is 1. The van der Waals surface area contributed by atoms with Gasteiger partial charge in [-0.2, -0.15) is 0 Å². The molecule has 0 aromatic heterocycles. The van der Waals surface area contributed by atoms with Gasteiger partial charge in [0.25, 0.3) is 0 Å². The van der Waals surface area contributed by atoms with Crippen LogP contribution in [0.4, 0.5) is 0 Å². The average molecular weight is 227 g/mol. The van der Waals surface area contributed by atoms with Crippen molar-refractivity contribution in [3.8, 4) is 0 Å². The number of hydrogen-bond acceptors (Lipinski definition) is 3. The molecule has 0 amide bonds. The lowest BCUT2D eigenvalue weighted by Crippen LogP contribution is -2.57. The highest BCUT2D eigenvalue weighted by atomic mass is 15.3. The minimum absolute atomic E-state index is 0.0219. The zero-order valence-electron chi connectivity index (χ0n) is 11.5. The van der Waals surface area contributed by atoms with Crippen molar-refractivity contribution in [3.05, 3.63) is 0 Å². The van der Waals surface area contributed by atoms with E-state index in [0.717, 1.165) is 19.4 Å². The van der Waals surface area contributed by atoms with Crippen molar-refractivity contribution in [1.82, 2.24) is 9.80 Å². The summed E-state index contributed by atoms with van der Waals surface area (Å²) in [4.78, 5) is 5.09. The minimum Gasteiger partial charge on any atom is -0.324 e. The van der Waals surface area contributed by atoms with Gasteiger partial charge in [-0.05, 0) is 26.3 Å². The fourth-order valence-electron chi connectivity index (χ4n) is 2.60. The van der Waals surface area contributed by atoms with Crippen LogP contribution < -0.4 is 5.73 Å². The van der Waals surface area contributed by atoms with Gasteiger partial charge in [0.1, 0.15) is 0 Å². The van der Waals surface area contributed by atoms with E-state index in [2.05, 4.69) is 37.5 Å². The molecule has 0 aliphatic carbocycles. The van der Waals surface area contributed by atoms with Crippen LogP contribution in [0.1, 0.15) is 40.5 Å². The quantitative estimate of drug-likeness (QED) is 0.773. The van der Waals surface area contributed by atoms with Gasteiger partial charge in [-0.25, -0.2) is 0 Å². The van der Waals surface area contributed by atoms with Crippen LogP contribution in [0, 0.1) is 0 Å². The zero-order valence-corrected chi connectivity index (χ0v) is 11.5. The van der Waals surface area contributed by atoms with Crippen LogP contribution in [-0.2, 0) is 0 Å².